The molecule has 0 aromatic carbocycles. The minimum atomic E-state index is -0.340. The maximum Gasteiger partial charge on any atom is 0.284 e. The van der Waals surface area contributed by atoms with Crippen molar-refractivity contribution in [2.75, 3.05) is 0 Å². The van der Waals surface area contributed by atoms with E-state index >= 15 is 0 Å². The Morgan fingerprint density at radius 1 is 1.69 bits per heavy atom. The van der Waals surface area contributed by atoms with Crippen LogP contribution in [-0.2, 0) is 6.42 Å². The summed E-state index contributed by atoms with van der Waals surface area (Å²) in [7, 11) is 0. The number of carbonyl (C=O) groups excluding carboxylic acids is 1. The summed E-state index contributed by atoms with van der Waals surface area (Å²) in [5.74, 6) is 4.65. The van der Waals surface area contributed by atoms with Gasteiger partial charge in [-0.05, 0) is 18.1 Å². The fourth-order valence-corrected chi connectivity index (χ4v) is 0.997. The van der Waals surface area contributed by atoms with E-state index in [0.717, 1.165) is 12.0 Å². The molecule has 1 rings (SSSR count). The number of aromatic nitrogens is 1. The molecule has 0 atom stereocenters. The van der Waals surface area contributed by atoms with E-state index < -0.39 is 0 Å². The van der Waals surface area contributed by atoms with Gasteiger partial charge in [-0.25, -0.2) is 5.84 Å². The molecular weight excluding hydrogens is 190 g/mol. The zero-order chi connectivity index (χ0) is 8.97. The number of pyridine rings is 1. The summed E-state index contributed by atoms with van der Waals surface area (Å²) in [6.45, 7) is 1.96. The minimum absolute atomic E-state index is 0. The number of hydrogen-bond donors (Lipinski definition) is 2. The standard InChI is InChI=1S/C8H11N3O.ClH/c1-2-6-4-3-5-10-7(6)8(12)11-9;/h3-5H,2,9H2,1H3,(H,11,12);1H. The van der Waals surface area contributed by atoms with E-state index in [-0.39, 0.29) is 18.3 Å². The third-order valence-electron chi connectivity index (χ3n) is 1.62. The average molecular weight is 202 g/mol. The van der Waals surface area contributed by atoms with Gasteiger partial charge in [0.15, 0.2) is 0 Å². The third-order valence-corrected chi connectivity index (χ3v) is 1.62. The SMILES string of the molecule is CCc1cccnc1C(=O)NN.Cl. The Bertz CT molecular complexity index is 290. The molecule has 1 aromatic rings. The van der Waals surface area contributed by atoms with Crippen LogP contribution < -0.4 is 11.3 Å². The second-order valence-corrected chi connectivity index (χ2v) is 2.34. The predicted octanol–water partition coefficient (Wildman–Crippen LogP) is 0.669. The molecule has 0 saturated heterocycles. The van der Waals surface area contributed by atoms with Crippen molar-refractivity contribution in [3.8, 4) is 0 Å². The molecule has 0 aliphatic rings. The van der Waals surface area contributed by atoms with Crippen molar-refractivity contribution in [3.63, 3.8) is 0 Å². The van der Waals surface area contributed by atoms with E-state index in [1.54, 1.807) is 12.3 Å². The fourth-order valence-electron chi connectivity index (χ4n) is 0.997. The van der Waals surface area contributed by atoms with Crippen LogP contribution in [0.2, 0.25) is 0 Å². The molecule has 0 radical (unpaired) electrons. The van der Waals surface area contributed by atoms with Crippen LogP contribution in [0.25, 0.3) is 0 Å². The van der Waals surface area contributed by atoms with E-state index in [1.807, 2.05) is 13.0 Å². The summed E-state index contributed by atoms with van der Waals surface area (Å²) >= 11 is 0. The Kier molecular flexibility index (Phi) is 5.03. The second-order valence-electron chi connectivity index (χ2n) is 2.34. The molecule has 0 spiro atoms. The monoisotopic (exact) mass is 201 g/mol. The number of halogens is 1. The van der Waals surface area contributed by atoms with E-state index in [1.165, 1.54) is 0 Å². The first-order chi connectivity index (χ1) is 5.79. The van der Waals surface area contributed by atoms with Gasteiger partial charge in [-0.1, -0.05) is 13.0 Å². The van der Waals surface area contributed by atoms with Crippen LogP contribution in [-0.4, -0.2) is 10.9 Å². The van der Waals surface area contributed by atoms with Crippen LogP contribution in [0.15, 0.2) is 18.3 Å². The number of hydrogen-bond acceptors (Lipinski definition) is 3. The van der Waals surface area contributed by atoms with Crippen LogP contribution >= 0.6 is 12.4 Å². The quantitative estimate of drug-likeness (QED) is 0.420. The van der Waals surface area contributed by atoms with Crippen molar-refractivity contribution < 1.29 is 4.79 Å². The molecule has 13 heavy (non-hydrogen) atoms. The molecule has 4 nitrogen and oxygen atoms in total. The zero-order valence-corrected chi connectivity index (χ0v) is 8.10. The Morgan fingerprint density at radius 3 is 2.92 bits per heavy atom. The lowest BCUT2D eigenvalue weighted by Crippen LogP contribution is -2.31. The van der Waals surface area contributed by atoms with Crippen LogP contribution in [0.3, 0.4) is 0 Å². The van der Waals surface area contributed by atoms with Gasteiger partial charge in [-0.15, -0.1) is 12.4 Å². The van der Waals surface area contributed by atoms with E-state index in [2.05, 4.69) is 10.4 Å². The lowest BCUT2D eigenvalue weighted by atomic mass is 10.1. The molecule has 0 saturated carbocycles. The number of aryl methyl sites for hydroxylation is 1. The molecule has 72 valence electrons. The maximum atomic E-state index is 11.1. The van der Waals surface area contributed by atoms with Gasteiger partial charge in [0.1, 0.15) is 5.69 Å². The number of carbonyl (C=O) groups is 1. The van der Waals surface area contributed by atoms with Gasteiger partial charge in [0.25, 0.3) is 5.91 Å². The smallest absolute Gasteiger partial charge is 0.284 e. The van der Waals surface area contributed by atoms with Crippen molar-refractivity contribution in [1.29, 1.82) is 0 Å². The predicted molar refractivity (Wildman–Crippen MR) is 52.5 cm³/mol. The largest absolute Gasteiger partial charge is 0.289 e. The molecule has 1 amide bonds. The molecular formula is C8H12ClN3O. The first-order valence-corrected chi connectivity index (χ1v) is 3.74. The minimum Gasteiger partial charge on any atom is -0.289 e. The van der Waals surface area contributed by atoms with Gasteiger partial charge in [-0.3, -0.25) is 15.2 Å². The average Bonchev–Trinajstić information content (AvgIpc) is 2.16. The number of rotatable bonds is 2. The summed E-state index contributed by atoms with van der Waals surface area (Å²) in [5, 5.41) is 0. The lowest BCUT2D eigenvalue weighted by Gasteiger charge is -2.03. The molecule has 0 aliphatic carbocycles. The van der Waals surface area contributed by atoms with Crippen molar-refractivity contribution in [1.82, 2.24) is 10.4 Å². The molecule has 0 aliphatic heterocycles. The number of hydrazine groups is 1. The topological polar surface area (TPSA) is 68.0 Å². The Balaban J connectivity index is 0.00000144. The highest BCUT2D eigenvalue weighted by Gasteiger charge is 2.08. The number of nitrogens with two attached hydrogens (primary N) is 1. The summed E-state index contributed by atoms with van der Waals surface area (Å²) in [5.41, 5.74) is 3.36. The molecule has 0 unspecified atom stereocenters. The Hall–Kier alpha value is -1.13. The first kappa shape index (κ1) is 11.9. The molecule has 5 heteroatoms. The van der Waals surface area contributed by atoms with Crippen LogP contribution in [0.5, 0.6) is 0 Å². The van der Waals surface area contributed by atoms with Gasteiger partial charge >= 0.3 is 0 Å². The van der Waals surface area contributed by atoms with Crippen LogP contribution in [0.4, 0.5) is 0 Å². The van der Waals surface area contributed by atoms with Crippen LogP contribution in [0, 0.1) is 0 Å². The van der Waals surface area contributed by atoms with Gasteiger partial charge in [0.05, 0.1) is 0 Å². The van der Waals surface area contributed by atoms with Crippen molar-refractivity contribution >= 4 is 18.3 Å². The Labute approximate surface area is 82.9 Å². The molecule has 0 fully saturated rings. The molecule has 1 aromatic heterocycles. The van der Waals surface area contributed by atoms with Crippen molar-refractivity contribution in [2.24, 2.45) is 5.84 Å². The summed E-state index contributed by atoms with van der Waals surface area (Å²) in [6, 6.07) is 3.66. The number of nitrogens with zero attached hydrogens (tertiary/aromatic N) is 1. The first-order valence-electron chi connectivity index (χ1n) is 3.74. The molecule has 3 N–H and O–H groups in total. The normalized spacial score (nSPS) is 8.77. The number of amides is 1. The molecule has 0 bridgehead atoms. The summed E-state index contributed by atoms with van der Waals surface area (Å²) in [6.07, 6.45) is 2.35. The third kappa shape index (κ3) is 2.68. The zero-order valence-electron chi connectivity index (χ0n) is 7.28. The van der Waals surface area contributed by atoms with E-state index in [9.17, 15) is 4.79 Å². The Morgan fingerprint density at radius 2 is 2.38 bits per heavy atom. The number of nitrogens with one attached hydrogen (secondary N) is 1. The van der Waals surface area contributed by atoms with Gasteiger partial charge < -0.3 is 0 Å². The van der Waals surface area contributed by atoms with E-state index in [4.69, 9.17) is 5.84 Å². The highest BCUT2D eigenvalue weighted by Crippen LogP contribution is 2.04. The van der Waals surface area contributed by atoms with Gasteiger partial charge in [0, 0.05) is 6.20 Å². The highest BCUT2D eigenvalue weighted by molar-refractivity contribution is 5.93. The number of nitrogen functional groups attached to an aromatic ring is 1. The summed E-state index contributed by atoms with van der Waals surface area (Å²) < 4.78 is 0. The van der Waals surface area contributed by atoms with Crippen molar-refractivity contribution in [2.45, 2.75) is 13.3 Å². The lowest BCUT2D eigenvalue weighted by molar-refractivity contribution is 0.0947. The summed E-state index contributed by atoms with van der Waals surface area (Å²) in [4.78, 5) is 15.0. The van der Waals surface area contributed by atoms with Crippen molar-refractivity contribution in [3.05, 3.63) is 29.6 Å². The highest BCUT2D eigenvalue weighted by atomic mass is 35.5. The van der Waals surface area contributed by atoms with Crippen LogP contribution in [0.1, 0.15) is 23.0 Å². The second kappa shape index (κ2) is 5.50. The maximum absolute atomic E-state index is 11.1. The van der Waals surface area contributed by atoms with Gasteiger partial charge in [0.2, 0.25) is 0 Å². The van der Waals surface area contributed by atoms with E-state index in [0.29, 0.717) is 5.69 Å². The van der Waals surface area contributed by atoms with Gasteiger partial charge in [-0.2, -0.15) is 0 Å². The molecule has 1 heterocycles. The fraction of sp³-hybridized carbons (Fsp3) is 0.250.